The minimum Gasteiger partial charge on any atom is -0.296 e. The van der Waals surface area contributed by atoms with Crippen molar-refractivity contribution >= 4 is 26.0 Å². The van der Waals surface area contributed by atoms with Crippen molar-refractivity contribution in [2.45, 2.75) is 11.4 Å². The van der Waals surface area contributed by atoms with Gasteiger partial charge in [-0.25, -0.2) is 8.42 Å². The lowest BCUT2D eigenvalue weighted by atomic mass is 10.2. The Bertz CT molecular complexity index is 743. The molecule has 1 saturated heterocycles. The third-order valence-electron chi connectivity index (χ3n) is 3.91. The minimum absolute atomic E-state index is 0.349. The van der Waals surface area contributed by atoms with Crippen LogP contribution in [0.1, 0.15) is 5.56 Å². The molecule has 1 aliphatic rings. The van der Waals surface area contributed by atoms with Gasteiger partial charge < -0.3 is 0 Å². The van der Waals surface area contributed by atoms with Gasteiger partial charge in [-0.15, -0.1) is 0 Å². The van der Waals surface area contributed by atoms with Crippen molar-refractivity contribution in [2.24, 2.45) is 0 Å². The molecule has 0 amide bonds. The predicted octanol–water partition coefficient (Wildman–Crippen LogP) is 2.35. The molecule has 0 radical (unpaired) electrons. The van der Waals surface area contributed by atoms with Crippen molar-refractivity contribution in [1.82, 2.24) is 14.2 Å². The summed E-state index contributed by atoms with van der Waals surface area (Å²) >= 11 is 3.33. The standard InChI is InChI=1S/C16H18BrN3O2S/c17-15-3-5-16(6-4-15)23(21,22)20-10-8-19(9-11-20)13-14-2-1-7-18-12-14/h1-7,12H,8-11,13H2. The molecule has 5 nitrogen and oxygen atoms in total. The molecule has 0 bridgehead atoms. The molecule has 2 heterocycles. The van der Waals surface area contributed by atoms with E-state index in [1.165, 1.54) is 0 Å². The Kier molecular flexibility index (Phi) is 5.11. The average molecular weight is 396 g/mol. The lowest BCUT2D eigenvalue weighted by Crippen LogP contribution is -2.48. The van der Waals surface area contributed by atoms with E-state index in [-0.39, 0.29) is 0 Å². The van der Waals surface area contributed by atoms with Crippen LogP contribution in [0.25, 0.3) is 0 Å². The molecule has 1 aromatic heterocycles. The maximum Gasteiger partial charge on any atom is 0.243 e. The lowest BCUT2D eigenvalue weighted by molar-refractivity contribution is 0.181. The summed E-state index contributed by atoms with van der Waals surface area (Å²) in [7, 11) is -3.40. The number of pyridine rings is 1. The zero-order valence-electron chi connectivity index (χ0n) is 12.6. The van der Waals surface area contributed by atoms with Crippen molar-refractivity contribution in [3.8, 4) is 0 Å². The summed E-state index contributed by atoms with van der Waals surface area (Å²) in [5, 5.41) is 0. The van der Waals surface area contributed by atoms with Crippen LogP contribution in [0.15, 0.2) is 58.2 Å². The smallest absolute Gasteiger partial charge is 0.243 e. The molecule has 0 aliphatic carbocycles. The number of rotatable bonds is 4. The molecular weight excluding hydrogens is 378 g/mol. The second-order valence-electron chi connectivity index (χ2n) is 5.50. The van der Waals surface area contributed by atoms with E-state index in [4.69, 9.17) is 0 Å². The number of halogens is 1. The second kappa shape index (κ2) is 7.09. The molecule has 2 aromatic rings. The Labute approximate surface area is 145 Å². The van der Waals surface area contributed by atoms with Gasteiger partial charge >= 0.3 is 0 Å². The van der Waals surface area contributed by atoms with Gasteiger partial charge in [0.15, 0.2) is 0 Å². The fourth-order valence-corrected chi connectivity index (χ4v) is 4.32. The van der Waals surface area contributed by atoms with Gasteiger partial charge in [0.1, 0.15) is 0 Å². The largest absolute Gasteiger partial charge is 0.296 e. The molecule has 1 fully saturated rings. The van der Waals surface area contributed by atoms with E-state index < -0.39 is 10.0 Å². The van der Waals surface area contributed by atoms with Gasteiger partial charge in [-0.1, -0.05) is 22.0 Å². The number of benzene rings is 1. The van der Waals surface area contributed by atoms with Gasteiger partial charge in [0, 0.05) is 49.6 Å². The van der Waals surface area contributed by atoms with E-state index in [9.17, 15) is 8.42 Å². The zero-order chi connectivity index (χ0) is 16.3. The Balaban J connectivity index is 1.63. The van der Waals surface area contributed by atoms with Crippen LogP contribution in [0.4, 0.5) is 0 Å². The monoisotopic (exact) mass is 395 g/mol. The van der Waals surface area contributed by atoms with E-state index in [1.54, 1.807) is 34.8 Å². The van der Waals surface area contributed by atoms with Crippen LogP contribution in [0.5, 0.6) is 0 Å². The summed E-state index contributed by atoms with van der Waals surface area (Å²) < 4.78 is 27.7. The highest BCUT2D eigenvalue weighted by atomic mass is 79.9. The Hall–Kier alpha value is -1.28. The third-order valence-corrected chi connectivity index (χ3v) is 6.35. The van der Waals surface area contributed by atoms with Gasteiger partial charge in [-0.2, -0.15) is 4.31 Å². The summed E-state index contributed by atoms with van der Waals surface area (Å²) in [6.45, 7) is 3.28. The molecule has 23 heavy (non-hydrogen) atoms. The second-order valence-corrected chi connectivity index (χ2v) is 8.35. The van der Waals surface area contributed by atoms with E-state index in [1.807, 2.05) is 18.3 Å². The lowest BCUT2D eigenvalue weighted by Gasteiger charge is -2.33. The van der Waals surface area contributed by atoms with Crippen LogP contribution < -0.4 is 0 Å². The van der Waals surface area contributed by atoms with E-state index in [2.05, 4.69) is 25.8 Å². The van der Waals surface area contributed by atoms with Crippen molar-refractivity contribution in [3.05, 3.63) is 58.8 Å². The molecule has 0 atom stereocenters. The Morgan fingerprint density at radius 3 is 2.35 bits per heavy atom. The van der Waals surface area contributed by atoms with Gasteiger partial charge in [-0.3, -0.25) is 9.88 Å². The van der Waals surface area contributed by atoms with Crippen LogP contribution in [-0.2, 0) is 16.6 Å². The number of aromatic nitrogens is 1. The maximum atomic E-state index is 12.6. The highest BCUT2D eigenvalue weighted by Gasteiger charge is 2.28. The number of hydrogen-bond donors (Lipinski definition) is 0. The fraction of sp³-hybridized carbons (Fsp3) is 0.312. The van der Waals surface area contributed by atoms with Crippen LogP contribution >= 0.6 is 15.9 Å². The third kappa shape index (κ3) is 3.98. The van der Waals surface area contributed by atoms with Gasteiger partial charge in [-0.05, 0) is 35.9 Å². The molecule has 0 saturated carbocycles. The average Bonchev–Trinajstić information content (AvgIpc) is 2.57. The van der Waals surface area contributed by atoms with Crippen LogP contribution in [0.3, 0.4) is 0 Å². The van der Waals surface area contributed by atoms with Gasteiger partial charge in [0.25, 0.3) is 0 Å². The number of piperazine rings is 1. The van der Waals surface area contributed by atoms with Crippen molar-refractivity contribution in [1.29, 1.82) is 0 Å². The topological polar surface area (TPSA) is 53.5 Å². The fourth-order valence-electron chi connectivity index (χ4n) is 2.63. The van der Waals surface area contributed by atoms with Gasteiger partial charge in [0.05, 0.1) is 4.90 Å². The normalized spacial score (nSPS) is 17.3. The molecule has 7 heteroatoms. The summed E-state index contributed by atoms with van der Waals surface area (Å²) in [5.41, 5.74) is 1.15. The van der Waals surface area contributed by atoms with Crippen LogP contribution in [-0.4, -0.2) is 48.8 Å². The zero-order valence-corrected chi connectivity index (χ0v) is 15.0. The quantitative estimate of drug-likeness (QED) is 0.796. The molecule has 3 rings (SSSR count). The first-order valence-corrected chi connectivity index (χ1v) is 9.66. The Morgan fingerprint density at radius 1 is 1.04 bits per heavy atom. The van der Waals surface area contributed by atoms with Crippen molar-refractivity contribution in [3.63, 3.8) is 0 Å². The first-order valence-electron chi connectivity index (χ1n) is 7.43. The Morgan fingerprint density at radius 2 is 1.74 bits per heavy atom. The molecule has 1 aromatic carbocycles. The minimum atomic E-state index is -3.40. The van der Waals surface area contributed by atoms with Crippen LogP contribution in [0, 0.1) is 0 Å². The maximum absolute atomic E-state index is 12.6. The molecule has 0 spiro atoms. The highest BCUT2D eigenvalue weighted by molar-refractivity contribution is 9.10. The summed E-state index contributed by atoms with van der Waals surface area (Å²) in [6.07, 6.45) is 3.61. The summed E-state index contributed by atoms with van der Waals surface area (Å²) in [5.74, 6) is 0. The molecular formula is C16H18BrN3O2S. The molecule has 0 N–H and O–H groups in total. The van der Waals surface area contributed by atoms with Crippen molar-refractivity contribution < 1.29 is 8.42 Å². The number of sulfonamides is 1. The number of hydrogen-bond acceptors (Lipinski definition) is 4. The SMILES string of the molecule is O=S(=O)(c1ccc(Br)cc1)N1CCN(Cc2cccnc2)CC1. The first kappa shape index (κ1) is 16.6. The molecule has 122 valence electrons. The first-order chi connectivity index (χ1) is 11.1. The molecule has 1 aliphatic heterocycles. The predicted molar refractivity (Wildman–Crippen MR) is 92.4 cm³/mol. The van der Waals surface area contributed by atoms with E-state index >= 15 is 0 Å². The van der Waals surface area contributed by atoms with Crippen LogP contribution in [0.2, 0.25) is 0 Å². The molecule has 0 unspecified atom stereocenters. The van der Waals surface area contributed by atoms with E-state index in [0.29, 0.717) is 18.0 Å². The van der Waals surface area contributed by atoms with Crippen molar-refractivity contribution in [2.75, 3.05) is 26.2 Å². The van der Waals surface area contributed by atoms with Gasteiger partial charge in [0.2, 0.25) is 10.0 Å². The summed E-state index contributed by atoms with van der Waals surface area (Å²) in [6, 6.07) is 10.8. The summed E-state index contributed by atoms with van der Waals surface area (Å²) in [4.78, 5) is 6.72. The number of nitrogens with zero attached hydrogens (tertiary/aromatic N) is 3. The highest BCUT2D eigenvalue weighted by Crippen LogP contribution is 2.20. The van der Waals surface area contributed by atoms with E-state index in [0.717, 1.165) is 29.7 Å².